The predicted molar refractivity (Wildman–Crippen MR) is 175 cm³/mol. The number of carbonyl (C=O) groups is 2. The quantitative estimate of drug-likeness (QED) is 0.128. The summed E-state index contributed by atoms with van der Waals surface area (Å²) in [5.74, 6) is 0.608. The third-order valence-electron chi connectivity index (χ3n) is 7.47. The third-order valence-corrected chi connectivity index (χ3v) is 8.33. The molecule has 3 aromatic carbocycles. The summed E-state index contributed by atoms with van der Waals surface area (Å²) < 4.78 is 16.5. The maximum atomic E-state index is 14.4. The van der Waals surface area contributed by atoms with Gasteiger partial charge in [0.25, 0.3) is 0 Å². The van der Waals surface area contributed by atoms with Gasteiger partial charge >= 0.3 is 0 Å². The van der Waals surface area contributed by atoms with Crippen LogP contribution in [0.2, 0.25) is 0 Å². The van der Waals surface area contributed by atoms with Gasteiger partial charge in [-0.15, -0.1) is 11.3 Å². The van der Waals surface area contributed by atoms with E-state index in [0.29, 0.717) is 57.2 Å². The van der Waals surface area contributed by atoms with Crippen molar-refractivity contribution in [3.05, 3.63) is 118 Å². The van der Waals surface area contributed by atoms with Crippen molar-refractivity contribution in [1.29, 1.82) is 0 Å². The van der Waals surface area contributed by atoms with Crippen LogP contribution < -0.4 is 9.47 Å². The van der Waals surface area contributed by atoms with Gasteiger partial charge in [-0.05, 0) is 60.0 Å². The van der Waals surface area contributed by atoms with E-state index in [4.69, 9.17) is 14.2 Å². The van der Waals surface area contributed by atoms with Crippen LogP contribution in [0.1, 0.15) is 40.8 Å². The standard InChI is InChI=1S/C36H42N2O5S/c1-4-43-23-12-21-38(36(40)35(29-13-7-5-8-14-29)30-15-9-6-10-16-30)27-34(39)37(26-31-17-11-24-44-31)22-20-28-18-19-32(41-2)33(25-28)42-3/h5-11,13-19,24-25,35H,4,12,20-23,26-27H2,1-3H3. The van der Waals surface area contributed by atoms with E-state index in [-0.39, 0.29) is 18.4 Å². The largest absolute Gasteiger partial charge is 0.493 e. The Labute approximate surface area is 265 Å². The molecule has 0 N–H and O–H groups in total. The summed E-state index contributed by atoms with van der Waals surface area (Å²) in [4.78, 5) is 33.1. The third kappa shape index (κ3) is 9.18. The van der Waals surface area contributed by atoms with Crippen molar-refractivity contribution in [2.24, 2.45) is 0 Å². The molecule has 0 radical (unpaired) electrons. The van der Waals surface area contributed by atoms with Gasteiger partial charge < -0.3 is 24.0 Å². The predicted octanol–water partition coefficient (Wildman–Crippen LogP) is 6.42. The molecule has 0 saturated carbocycles. The first-order valence-electron chi connectivity index (χ1n) is 15.0. The highest BCUT2D eigenvalue weighted by atomic mass is 32.1. The molecule has 232 valence electrons. The summed E-state index contributed by atoms with van der Waals surface area (Å²) in [7, 11) is 3.23. The van der Waals surface area contributed by atoms with Crippen LogP contribution in [0.4, 0.5) is 0 Å². The molecule has 0 atom stereocenters. The number of hydrogen-bond acceptors (Lipinski definition) is 6. The molecule has 1 aromatic heterocycles. The molecule has 0 saturated heterocycles. The Bertz CT molecular complexity index is 1390. The average molecular weight is 615 g/mol. The zero-order chi connectivity index (χ0) is 31.1. The Morgan fingerprint density at radius 2 is 1.48 bits per heavy atom. The fourth-order valence-electron chi connectivity index (χ4n) is 5.17. The number of rotatable bonds is 17. The number of methoxy groups -OCH3 is 2. The van der Waals surface area contributed by atoms with Crippen LogP contribution in [-0.2, 0) is 27.3 Å². The number of hydrogen-bond donors (Lipinski definition) is 0. The first kappa shape index (κ1) is 32.8. The highest BCUT2D eigenvalue weighted by Gasteiger charge is 2.30. The van der Waals surface area contributed by atoms with E-state index < -0.39 is 5.92 Å². The minimum absolute atomic E-state index is 0.0154. The van der Waals surface area contributed by atoms with Crippen molar-refractivity contribution in [2.75, 3.05) is 47.1 Å². The number of benzene rings is 3. The van der Waals surface area contributed by atoms with Crippen molar-refractivity contribution in [3.8, 4) is 11.5 Å². The molecule has 0 unspecified atom stereocenters. The van der Waals surface area contributed by atoms with Gasteiger partial charge in [-0.3, -0.25) is 9.59 Å². The Morgan fingerprint density at radius 1 is 0.795 bits per heavy atom. The topological polar surface area (TPSA) is 68.3 Å². The van der Waals surface area contributed by atoms with Crippen molar-refractivity contribution in [1.82, 2.24) is 9.80 Å². The molecule has 8 heteroatoms. The molecule has 44 heavy (non-hydrogen) atoms. The Balaban J connectivity index is 1.58. The maximum Gasteiger partial charge on any atom is 0.242 e. The average Bonchev–Trinajstić information content (AvgIpc) is 3.58. The summed E-state index contributed by atoms with van der Waals surface area (Å²) >= 11 is 1.62. The Hall–Kier alpha value is -4.14. The SMILES string of the molecule is CCOCCCN(CC(=O)N(CCc1ccc(OC)c(OC)c1)Cc1cccs1)C(=O)C(c1ccccc1)c1ccccc1. The van der Waals surface area contributed by atoms with Crippen molar-refractivity contribution in [2.45, 2.75) is 32.2 Å². The highest BCUT2D eigenvalue weighted by molar-refractivity contribution is 7.09. The number of thiophene rings is 1. The fourth-order valence-corrected chi connectivity index (χ4v) is 5.89. The zero-order valence-corrected chi connectivity index (χ0v) is 26.6. The minimum atomic E-state index is -0.519. The van der Waals surface area contributed by atoms with Crippen LogP contribution in [0.25, 0.3) is 0 Å². The summed E-state index contributed by atoms with van der Waals surface area (Å²) in [5, 5.41) is 2.01. The molecule has 0 aliphatic heterocycles. The molecule has 4 rings (SSSR count). The number of ether oxygens (including phenoxy) is 3. The van der Waals surface area contributed by atoms with Gasteiger partial charge in [0.2, 0.25) is 11.8 Å². The lowest BCUT2D eigenvalue weighted by atomic mass is 9.90. The maximum absolute atomic E-state index is 14.4. The van der Waals surface area contributed by atoms with Crippen molar-refractivity contribution < 1.29 is 23.8 Å². The van der Waals surface area contributed by atoms with E-state index in [0.717, 1.165) is 21.6 Å². The van der Waals surface area contributed by atoms with Gasteiger partial charge in [0.1, 0.15) is 0 Å². The smallest absolute Gasteiger partial charge is 0.242 e. The van der Waals surface area contributed by atoms with E-state index in [1.54, 1.807) is 30.5 Å². The first-order valence-corrected chi connectivity index (χ1v) is 15.9. The van der Waals surface area contributed by atoms with Gasteiger partial charge in [0.05, 0.1) is 33.2 Å². The lowest BCUT2D eigenvalue weighted by molar-refractivity contribution is -0.141. The molecular formula is C36H42N2O5S. The van der Waals surface area contributed by atoms with Crippen LogP contribution in [0.5, 0.6) is 11.5 Å². The molecule has 4 aromatic rings. The second kappa shape index (κ2) is 17.2. The second-order valence-corrected chi connectivity index (χ2v) is 11.4. The number of amides is 2. The van der Waals surface area contributed by atoms with Gasteiger partial charge in [0, 0.05) is 31.2 Å². The number of nitrogens with zero attached hydrogens (tertiary/aromatic N) is 2. The Kier molecular flexibility index (Phi) is 12.8. The normalized spacial score (nSPS) is 10.9. The van der Waals surface area contributed by atoms with Crippen LogP contribution in [0.3, 0.4) is 0 Å². The van der Waals surface area contributed by atoms with Gasteiger partial charge in [-0.2, -0.15) is 0 Å². The summed E-state index contributed by atoms with van der Waals surface area (Å²) in [6, 6.07) is 29.4. The van der Waals surface area contributed by atoms with Crippen LogP contribution in [0, 0.1) is 0 Å². The van der Waals surface area contributed by atoms with Crippen LogP contribution in [0.15, 0.2) is 96.4 Å². The minimum Gasteiger partial charge on any atom is -0.493 e. The Morgan fingerprint density at radius 3 is 2.07 bits per heavy atom. The van der Waals surface area contributed by atoms with Crippen LogP contribution in [-0.4, -0.2) is 68.7 Å². The van der Waals surface area contributed by atoms with Crippen molar-refractivity contribution in [3.63, 3.8) is 0 Å². The van der Waals surface area contributed by atoms with Gasteiger partial charge in [0.15, 0.2) is 11.5 Å². The number of carbonyl (C=O) groups excluding carboxylic acids is 2. The fraction of sp³-hybridized carbons (Fsp3) is 0.333. The monoisotopic (exact) mass is 614 g/mol. The zero-order valence-electron chi connectivity index (χ0n) is 25.8. The first-order chi connectivity index (χ1) is 21.5. The molecule has 7 nitrogen and oxygen atoms in total. The van der Waals surface area contributed by atoms with E-state index in [1.807, 2.05) is 108 Å². The van der Waals surface area contributed by atoms with E-state index in [2.05, 4.69) is 0 Å². The summed E-state index contributed by atoms with van der Waals surface area (Å²) in [6.45, 7) is 4.46. The molecule has 1 heterocycles. The van der Waals surface area contributed by atoms with Crippen LogP contribution >= 0.6 is 11.3 Å². The molecule has 0 aliphatic rings. The summed E-state index contributed by atoms with van der Waals surface area (Å²) in [5.41, 5.74) is 2.83. The van der Waals surface area contributed by atoms with Gasteiger partial charge in [-0.1, -0.05) is 72.8 Å². The van der Waals surface area contributed by atoms with E-state index >= 15 is 0 Å². The lowest BCUT2D eigenvalue weighted by Gasteiger charge is -2.30. The highest BCUT2D eigenvalue weighted by Crippen LogP contribution is 2.29. The molecule has 0 bridgehead atoms. The summed E-state index contributed by atoms with van der Waals surface area (Å²) in [6.07, 6.45) is 1.27. The van der Waals surface area contributed by atoms with Crippen molar-refractivity contribution >= 4 is 23.2 Å². The molecule has 0 fully saturated rings. The van der Waals surface area contributed by atoms with Gasteiger partial charge in [-0.25, -0.2) is 0 Å². The molecule has 0 spiro atoms. The van der Waals surface area contributed by atoms with E-state index in [1.165, 1.54) is 0 Å². The van der Waals surface area contributed by atoms with E-state index in [9.17, 15) is 9.59 Å². The second-order valence-electron chi connectivity index (χ2n) is 10.4. The lowest BCUT2D eigenvalue weighted by Crippen LogP contribution is -2.45. The molecular weight excluding hydrogens is 572 g/mol. The molecule has 2 amide bonds. The molecule has 0 aliphatic carbocycles.